The Morgan fingerprint density at radius 1 is 0.969 bits per heavy atom. The van der Waals surface area contributed by atoms with Crippen molar-refractivity contribution in [1.29, 1.82) is 0 Å². The molecule has 7 nitrogen and oxygen atoms in total. The number of pyridine rings is 1. The van der Waals surface area contributed by atoms with Gasteiger partial charge in [0.25, 0.3) is 5.91 Å². The van der Waals surface area contributed by atoms with E-state index in [1.54, 1.807) is 17.1 Å². The average Bonchev–Trinajstić information content (AvgIpc) is 3.38. The van der Waals surface area contributed by atoms with Crippen LogP contribution in [0.3, 0.4) is 0 Å². The Hall–Kier alpha value is -4.26. The highest BCUT2D eigenvalue weighted by Crippen LogP contribution is 2.26. The predicted molar refractivity (Wildman–Crippen MR) is 123 cm³/mol. The molecule has 0 spiro atoms. The average molecular weight is 422 g/mol. The number of nitrogens with one attached hydrogen (secondary N) is 1. The van der Waals surface area contributed by atoms with Crippen LogP contribution in [0.25, 0.3) is 16.9 Å². The first-order valence-electron chi connectivity index (χ1n) is 10.4. The van der Waals surface area contributed by atoms with E-state index >= 15 is 0 Å². The lowest BCUT2D eigenvalue weighted by Crippen LogP contribution is -2.31. The number of fused-ring (bicyclic) bond motifs is 1. The van der Waals surface area contributed by atoms with Crippen LogP contribution in [-0.4, -0.2) is 30.2 Å². The quantitative estimate of drug-likeness (QED) is 0.465. The third-order valence-corrected chi connectivity index (χ3v) is 5.61. The highest BCUT2D eigenvalue weighted by molar-refractivity contribution is 5.95. The fourth-order valence-electron chi connectivity index (χ4n) is 3.92. The number of aromatic nitrogens is 5. The number of aryl methyl sites for hydroxylation is 1. The van der Waals surface area contributed by atoms with Gasteiger partial charge in [-0.25, -0.2) is 14.6 Å². The Labute approximate surface area is 185 Å². The van der Waals surface area contributed by atoms with Crippen LogP contribution in [0.15, 0.2) is 85.2 Å². The molecule has 0 saturated carbocycles. The molecule has 0 aliphatic carbocycles. The molecule has 1 N–H and O–H groups in total. The summed E-state index contributed by atoms with van der Waals surface area (Å²) in [5.74, 6) is 1.21. The lowest BCUT2D eigenvalue weighted by molar-refractivity contribution is 0.0940. The number of nitrogens with zero attached hydrogens (tertiary/aromatic N) is 5. The summed E-state index contributed by atoms with van der Waals surface area (Å²) in [7, 11) is 1.97. The van der Waals surface area contributed by atoms with Crippen molar-refractivity contribution in [3.63, 3.8) is 0 Å². The number of hydrogen-bond donors (Lipinski definition) is 1. The largest absolute Gasteiger partial charge is 0.338 e. The van der Waals surface area contributed by atoms with Gasteiger partial charge in [0.15, 0.2) is 5.82 Å². The van der Waals surface area contributed by atoms with Gasteiger partial charge in [-0.2, -0.15) is 5.10 Å². The molecule has 32 heavy (non-hydrogen) atoms. The van der Waals surface area contributed by atoms with E-state index in [-0.39, 0.29) is 5.91 Å². The summed E-state index contributed by atoms with van der Waals surface area (Å²) in [5.41, 5.74) is 4.07. The fraction of sp³-hybridized carbons (Fsp3) is 0.120. The molecule has 7 heteroatoms. The van der Waals surface area contributed by atoms with E-state index in [1.165, 1.54) is 0 Å². The van der Waals surface area contributed by atoms with E-state index in [2.05, 4.69) is 15.4 Å². The second-order valence-electron chi connectivity index (χ2n) is 7.58. The highest BCUT2D eigenvalue weighted by atomic mass is 16.1. The van der Waals surface area contributed by atoms with Crippen LogP contribution < -0.4 is 5.32 Å². The molecule has 3 aromatic heterocycles. The van der Waals surface area contributed by atoms with Crippen LogP contribution >= 0.6 is 0 Å². The van der Waals surface area contributed by atoms with Crippen molar-refractivity contribution in [1.82, 2.24) is 29.6 Å². The Morgan fingerprint density at radius 3 is 2.47 bits per heavy atom. The Balaban J connectivity index is 1.53. The van der Waals surface area contributed by atoms with Crippen molar-refractivity contribution in [2.75, 3.05) is 0 Å². The molecule has 1 unspecified atom stereocenters. The molecule has 0 aliphatic rings. The zero-order valence-corrected chi connectivity index (χ0v) is 17.8. The summed E-state index contributed by atoms with van der Waals surface area (Å²) >= 11 is 0. The number of carbonyl (C=O) groups excluding carboxylic acids is 1. The maximum absolute atomic E-state index is 13.4. The molecule has 1 atom stereocenters. The van der Waals surface area contributed by atoms with E-state index in [1.807, 2.05) is 91.3 Å². The monoisotopic (exact) mass is 422 g/mol. The van der Waals surface area contributed by atoms with Crippen molar-refractivity contribution in [3.8, 4) is 5.82 Å². The first-order valence-corrected chi connectivity index (χ1v) is 10.4. The molecular weight excluding hydrogens is 400 g/mol. The summed E-state index contributed by atoms with van der Waals surface area (Å²) in [6.45, 7) is 1.86. The van der Waals surface area contributed by atoms with Crippen molar-refractivity contribution in [3.05, 3.63) is 108 Å². The lowest BCUT2D eigenvalue weighted by atomic mass is 10.1. The molecule has 1 amide bonds. The standard InChI is InChI=1S/C25H22N6O/c1-17-19(16-27-31(17)22-14-8-9-15-26-22)25(32)29-23(18-10-4-3-5-11-18)24-28-20-12-6-7-13-21(20)30(24)2/h3-16,23H,1-2H3,(H,29,32). The van der Waals surface area contributed by atoms with Crippen LogP contribution in [0.5, 0.6) is 0 Å². The zero-order chi connectivity index (χ0) is 22.1. The summed E-state index contributed by atoms with van der Waals surface area (Å²) in [5, 5.41) is 7.56. The third kappa shape index (κ3) is 3.43. The topological polar surface area (TPSA) is 77.6 Å². The van der Waals surface area contributed by atoms with Gasteiger partial charge < -0.3 is 9.88 Å². The van der Waals surface area contributed by atoms with Crippen molar-refractivity contribution in [2.45, 2.75) is 13.0 Å². The van der Waals surface area contributed by atoms with Gasteiger partial charge in [0.05, 0.1) is 28.5 Å². The van der Waals surface area contributed by atoms with Gasteiger partial charge in [-0.3, -0.25) is 4.79 Å². The maximum atomic E-state index is 13.4. The molecule has 2 aromatic carbocycles. The molecule has 0 bridgehead atoms. The van der Waals surface area contributed by atoms with Crippen molar-refractivity contribution < 1.29 is 4.79 Å². The second kappa shape index (κ2) is 8.11. The SMILES string of the molecule is Cc1c(C(=O)NC(c2ccccc2)c2nc3ccccc3n2C)cnn1-c1ccccn1. The Kier molecular flexibility index (Phi) is 4.99. The molecule has 0 radical (unpaired) electrons. The summed E-state index contributed by atoms with van der Waals surface area (Å²) in [6, 6.07) is 23.0. The highest BCUT2D eigenvalue weighted by Gasteiger charge is 2.25. The van der Waals surface area contributed by atoms with Gasteiger partial charge in [0.2, 0.25) is 0 Å². The second-order valence-corrected chi connectivity index (χ2v) is 7.58. The number of para-hydroxylation sites is 2. The van der Waals surface area contributed by atoms with Crippen LogP contribution in [0.4, 0.5) is 0 Å². The number of amides is 1. The zero-order valence-electron chi connectivity index (χ0n) is 17.8. The Bertz CT molecular complexity index is 1390. The number of rotatable bonds is 5. The molecular formula is C25H22N6O. The number of benzene rings is 2. The van der Waals surface area contributed by atoms with E-state index in [4.69, 9.17) is 4.98 Å². The third-order valence-electron chi connectivity index (χ3n) is 5.61. The van der Waals surface area contributed by atoms with Gasteiger partial charge in [-0.05, 0) is 36.8 Å². The van der Waals surface area contributed by atoms with Gasteiger partial charge in [0.1, 0.15) is 11.9 Å². The first-order chi connectivity index (χ1) is 15.6. The molecule has 0 fully saturated rings. The molecule has 5 aromatic rings. The van der Waals surface area contributed by atoms with Gasteiger partial charge in [0, 0.05) is 13.2 Å². The van der Waals surface area contributed by atoms with E-state index < -0.39 is 6.04 Å². The summed E-state index contributed by atoms with van der Waals surface area (Å²) < 4.78 is 3.69. The fourth-order valence-corrected chi connectivity index (χ4v) is 3.92. The van der Waals surface area contributed by atoms with Crippen LogP contribution in [0.1, 0.15) is 33.5 Å². The summed E-state index contributed by atoms with van der Waals surface area (Å²) in [6.07, 6.45) is 3.28. The van der Waals surface area contributed by atoms with Crippen molar-refractivity contribution >= 4 is 16.9 Å². The first kappa shape index (κ1) is 19.7. The molecule has 0 saturated heterocycles. The minimum atomic E-state index is -0.418. The Morgan fingerprint density at radius 2 is 1.72 bits per heavy atom. The van der Waals surface area contributed by atoms with Crippen LogP contribution in [-0.2, 0) is 7.05 Å². The lowest BCUT2D eigenvalue weighted by Gasteiger charge is -2.19. The number of hydrogen-bond acceptors (Lipinski definition) is 4. The molecule has 3 heterocycles. The number of imidazole rings is 1. The normalized spacial score (nSPS) is 12.1. The number of carbonyl (C=O) groups is 1. The summed E-state index contributed by atoms with van der Waals surface area (Å²) in [4.78, 5) is 22.5. The minimum Gasteiger partial charge on any atom is -0.338 e. The molecule has 158 valence electrons. The van der Waals surface area contributed by atoms with E-state index in [9.17, 15) is 4.79 Å². The van der Waals surface area contributed by atoms with Crippen LogP contribution in [0.2, 0.25) is 0 Å². The smallest absolute Gasteiger partial charge is 0.255 e. The van der Waals surface area contributed by atoms with Crippen molar-refractivity contribution in [2.24, 2.45) is 7.05 Å². The van der Waals surface area contributed by atoms with E-state index in [0.29, 0.717) is 11.4 Å². The van der Waals surface area contributed by atoms with Crippen LogP contribution in [0, 0.1) is 6.92 Å². The minimum absolute atomic E-state index is 0.217. The molecule has 0 aliphatic heterocycles. The maximum Gasteiger partial charge on any atom is 0.255 e. The predicted octanol–water partition coefficient (Wildman–Crippen LogP) is 3.98. The van der Waals surface area contributed by atoms with Gasteiger partial charge in [-0.15, -0.1) is 0 Å². The van der Waals surface area contributed by atoms with Gasteiger partial charge >= 0.3 is 0 Å². The van der Waals surface area contributed by atoms with E-state index in [0.717, 1.165) is 28.1 Å². The molecule has 5 rings (SSSR count). The van der Waals surface area contributed by atoms with Gasteiger partial charge in [-0.1, -0.05) is 48.5 Å².